The van der Waals surface area contributed by atoms with Gasteiger partial charge in [0.2, 0.25) is 0 Å². The fourth-order valence-corrected chi connectivity index (χ4v) is 1.86. The number of rotatable bonds is 4. The third-order valence-corrected chi connectivity index (χ3v) is 2.84. The normalized spacial score (nSPS) is 20.1. The maximum Gasteiger partial charge on any atom is 0.123 e. The SMILES string of the molecule is Oc1ccc(CNCC2CCOC2)c(O)c1. The first-order valence-electron chi connectivity index (χ1n) is 5.55. The summed E-state index contributed by atoms with van der Waals surface area (Å²) in [5.41, 5.74) is 0.803. The molecule has 1 fully saturated rings. The summed E-state index contributed by atoms with van der Waals surface area (Å²) in [5, 5.41) is 22.0. The summed E-state index contributed by atoms with van der Waals surface area (Å²) in [6, 6.07) is 4.66. The molecule has 1 aliphatic rings. The molecule has 3 N–H and O–H groups in total. The highest BCUT2D eigenvalue weighted by Crippen LogP contribution is 2.22. The summed E-state index contributed by atoms with van der Waals surface area (Å²) in [6.07, 6.45) is 1.11. The molecule has 1 unspecified atom stereocenters. The summed E-state index contributed by atoms with van der Waals surface area (Å²) in [7, 11) is 0. The summed E-state index contributed by atoms with van der Waals surface area (Å²) in [5.74, 6) is 0.805. The van der Waals surface area contributed by atoms with Crippen molar-refractivity contribution in [3.05, 3.63) is 23.8 Å². The molecule has 88 valence electrons. The Morgan fingerprint density at radius 3 is 2.94 bits per heavy atom. The monoisotopic (exact) mass is 223 g/mol. The summed E-state index contributed by atoms with van der Waals surface area (Å²) >= 11 is 0. The molecule has 1 heterocycles. The maximum absolute atomic E-state index is 9.56. The highest BCUT2D eigenvalue weighted by Gasteiger charge is 2.14. The second kappa shape index (κ2) is 5.18. The zero-order valence-corrected chi connectivity index (χ0v) is 9.15. The Labute approximate surface area is 94.9 Å². The van der Waals surface area contributed by atoms with Crippen LogP contribution in [0.2, 0.25) is 0 Å². The molecule has 0 aromatic heterocycles. The van der Waals surface area contributed by atoms with Gasteiger partial charge in [-0.25, -0.2) is 0 Å². The second-order valence-electron chi connectivity index (χ2n) is 4.17. The maximum atomic E-state index is 9.56. The molecule has 1 aromatic rings. The molecule has 0 aliphatic carbocycles. The van der Waals surface area contributed by atoms with E-state index in [9.17, 15) is 5.11 Å². The van der Waals surface area contributed by atoms with Crippen LogP contribution in [0.5, 0.6) is 11.5 Å². The standard InChI is InChI=1S/C12H17NO3/c14-11-2-1-10(12(15)5-11)7-13-6-9-3-4-16-8-9/h1-2,5,9,13-15H,3-4,6-8H2. The average molecular weight is 223 g/mol. The molecule has 4 nitrogen and oxygen atoms in total. The van der Waals surface area contributed by atoms with Gasteiger partial charge in [-0.15, -0.1) is 0 Å². The van der Waals surface area contributed by atoms with Gasteiger partial charge in [0.05, 0.1) is 6.61 Å². The van der Waals surface area contributed by atoms with E-state index in [0.717, 1.165) is 31.7 Å². The highest BCUT2D eigenvalue weighted by atomic mass is 16.5. The predicted octanol–water partition coefficient (Wildman–Crippen LogP) is 1.22. The van der Waals surface area contributed by atoms with Crippen LogP contribution in [0.4, 0.5) is 0 Å². The number of hydrogen-bond acceptors (Lipinski definition) is 4. The van der Waals surface area contributed by atoms with E-state index in [0.29, 0.717) is 12.5 Å². The van der Waals surface area contributed by atoms with E-state index < -0.39 is 0 Å². The Hall–Kier alpha value is -1.26. The first kappa shape index (κ1) is 11.2. The molecule has 0 saturated carbocycles. The average Bonchev–Trinajstić information content (AvgIpc) is 2.74. The number of nitrogens with one attached hydrogen (secondary N) is 1. The first-order chi connectivity index (χ1) is 7.75. The third-order valence-electron chi connectivity index (χ3n) is 2.84. The molecule has 0 bridgehead atoms. The number of hydrogen-bond donors (Lipinski definition) is 3. The number of phenols is 2. The van der Waals surface area contributed by atoms with Gasteiger partial charge in [0.25, 0.3) is 0 Å². The molecule has 0 spiro atoms. The third kappa shape index (κ3) is 2.87. The van der Waals surface area contributed by atoms with Gasteiger partial charge in [-0.3, -0.25) is 0 Å². The van der Waals surface area contributed by atoms with E-state index >= 15 is 0 Å². The van der Waals surface area contributed by atoms with Gasteiger partial charge in [-0.05, 0) is 18.4 Å². The van der Waals surface area contributed by atoms with Gasteiger partial charge in [0, 0.05) is 31.3 Å². The van der Waals surface area contributed by atoms with Crippen molar-refractivity contribution in [2.24, 2.45) is 5.92 Å². The van der Waals surface area contributed by atoms with Gasteiger partial charge in [-0.1, -0.05) is 6.07 Å². The van der Waals surface area contributed by atoms with Gasteiger partial charge in [-0.2, -0.15) is 0 Å². The van der Waals surface area contributed by atoms with Crippen LogP contribution in [-0.2, 0) is 11.3 Å². The predicted molar refractivity (Wildman–Crippen MR) is 60.4 cm³/mol. The Morgan fingerprint density at radius 1 is 1.38 bits per heavy atom. The van der Waals surface area contributed by atoms with Crippen LogP contribution in [0.25, 0.3) is 0 Å². The van der Waals surface area contributed by atoms with Crippen molar-refractivity contribution in [3.8, 4) is 11.5 Å². The minimum Gasteiger partial charge on any atom is -0.508 e. The first-order valence-corrected chi connectivity index (χ1v) is 5.55. The van der Waals surface area contributed by atoms with Crippen molar-refractivity contribution >= 4 is 0 Å². The smallest absolute Gasteiger partial charge is 0.123 e. The van der Waals surface area contributed by atoms with Gasteiger partial charge in [0.15, 0.2) is 0 Å². The number of benzene rings is 1. The number of phenolic OH excluding ortho intramolecular Hbond substituents is 2. The van der Waals surface area contributed by atoms with E-state index in [1.54, 1.807) is 12.1 Å². The Kier molecular flexibility index (Phi) is 3.64. The van der Waals surface area contributed by atoms with Gasteiger partial charge in [0.1, 0.15) is 11.5 Å². The molecule has 0 amide bonds. The topological polar surface area (TPSA) is 61.7 Å². The lowest BCUT2D eigenvalue weighted by Crippen LogP contribution is -2.22. The lowest BCUT2D eigenvalue weighted by molar-refractivity contribution is 0.185. The molecule has 16 heavy (non-hydrogen) atoms. The molecule has 2 rings (SSSR count). The fourth-order valence-electron chi connectivity index (χ4n) is 1.86. The minimum atomic E-state index is 0.0884. The summed E-state index contributed by atoms with van der Waals surface area (Å²) < 4.78 is 5.28. The summed E-state index contributed by atoms with van der Waals surface area (Å²) in [6.45, 7) is 3.20. The summed E-state index contributed by atoms with van der Waals surface area (Å²) in [4.78, 5) is 0. The van der Waals surface area contributed by atoms with Crippen molar-refractivity contribution in [2.45, 2.75) is 13.0 Å². The van der Waals surface area contributed by atoms with Gasteiger partial charge < -0.3 is 20.3 Å². The van der Waals surface area contributed by atoms with E-state index in [1.807, 2.05) is 0 Å². The lowest BCUT2D eigenvalue weighted by Gasteiger charge is -2.10. The van der Waals surface area contributed by atoms with Crippen molar-refractivity contribution < 1.29 is 14.9 Å². The van der Waals surface area contributed by atoms with Gasteiger partial charge >= 0.3 is 0 Å². The van der Waals surface area contributed by atoms with E-state index in [-0.39, 0.29) is 11.5 Å². The van der Waals surface area contributed by atoms with Crippen molar-refractivity contribution in [2.75, 3.05) is 19.8 Å². The molecule has 1 atom stereocenters. The fraction of sp³-hybridized carbons (Fsp3) is 0.500. The molecule has 0 radical (unpaired) electrons. The Bertz CT molecular complexity index is 348. The second-order valence-corrected chi connectivity index (χ2v) is 4.17. The van der Waals surface area contributed by atoms with Crippen LogP contribution in [0, 0.1) is 5.92 Å². The van der Waals surface area contributed by atoms with Crippen LogP contribution in [-0.4, -0.2) is 30.0 Å². The molecule has 1 aliphatic heterocycles. The van der Waals surface area contributed by atoms with Crippen LogP contribution >= 0.6 is 0 Å². The Morgan fingerprint density at radius 2 is 2.25 bits per heavy atom. The molecular formula is C12H17NO3. The quantitative estimate of drug-likeness (QED) is 0.718. The van der Waals surface area contributed by atoms with Crippen molar-refractivity contribution in [1.82, 2.24) is 5.32 Å². The van der Waals surface area contributed by atoms with E-state index in [2.05, 4.69) is 5.32 Å². The molecular weight excluding hydrogens is 206 g/mol. The Balaban J connectivity index is 1.80. The molecule has 1 aromatic carbocycles. The van der Waals surface area contributed by atoms with Crippen LogP contribution in [0.3, 0.4) is 0 Å². The van der Waals surface area contributed by atoms with E-state index in [4.69, 9.17) is 9.84 Å². The highest BCUT2D eigenvalue weighted by molar-refractivity contribution is 5.38. The lowest BCUT2D eigenvalue weighted by atomic mass is 10.1. The van der Waals surface area contributed by atoms with Crippen LogP contribution in [0.15, 0.2) is 18.2 Å². The van der Waals surface area contributed by atoms with Crippen molar-refractivity contribution in [3.63, 3.8) is 0 Å². The number of ether oxygens (including phenoxy) is 1. The molecule has 1 saturated heterocycles. The number of aromatic hydroxyl groups is 2. The van der Waals surface area contributed by atoms with Crippen LogP contribution < -0.4 is 5.32 Å². The molecule has 4 heteroatoms. The largest absolute Gasteiger partial charge is 0.508 e. The zero-order valence-electron chi connectivity index (χ0n) is 9.15. The van der Waals surface area contributed by atoms with E-state index in [1.165, 1.54) is 6.07 Å². The van der Waals surface area contributed by atoms with Crippen LogP contribution in [0.1, 0.15) is 12.0 Å². The zero-order chi connectivity index (χ0) is 11.4. The minimum absolute atomic E-state index is 0.0884. The van der Waals surface area contributed by atoms with Crippen molar-refractivity contribution in [1.29, 1.82) is 0 Å².